The van der Waals surface area contributed by atoms with Gasteiger partial charge in [-0.2, -0.15) is 0 Å². The number of hydrogen-bond acceptors (Lipinski definition) is 3. The molecule has 0 unspecified atom stereocenters. The molecule has 3 N–H and O–H groups in total. The topological polar surface area (TPSA) is 95.5 Å². The quantitative estimate of drug-likeness (QED) is 0.602. The fourth-order valence-electron chi connectivity index (χ4n) is 3.20. The van der Waals surface area contributed by atoms with Crippen molar-refractivity contribution in [3.8, 4) is 0 Å². The lowest BCUT2D eigenvalue weighted by Crippen LogP contribution is -2.52. The van der Waals surface area contributed by atoms with Crippen LogP contribution in [0.5, 0.6) is 0 Å². The van der Waals surface area contributed by atoms with Crippen molar-refractivity contribution >= 4 is 17.8 Å². The van der Waals surface area contributed by atoms with E-state index in [4.69, 9.17) is 0 Å². The Hall–Kier alpha value is -3.22. The van der Waals surface area contributed by atoms with Gasteiger partial charge < -0.3 is 15.7 Å². The summed E-state index contributed by atoms with van der Waals surface area (Å²) in [5.74, 6) is -2.72. The zero-order valence-corrected chi connectivity index (χ0v) is 18.2. The number of carbonyl (C=O) groups is 3. The summed E-state index contributed by atoms with van der Waals surface area (Å²) in [4.78, 5) is 36.1. The third kappa shape index (κ3) is 7.51. The van der Waals surface area contributed by atoms with E-state index in [1.165, 1.54) is 25.1 Å². The number of carbonyl (C=O) groups excluding carboxylic acids is 2. The van der Waals surface area contributed by atoms with E-state index < -0.39 is 35.7 Å². The number of benzene rings is 2. The maximum Gasteiger partial charge on any atom is 0.326 e. The minimum atomic E-state index is -1.18. The molecule has 7 heteroatoms. The molecule has 0 radical (unpaired) electrons. The molecule has 2 aromatic rings. The molecule has 0 aliphatic heterocycles. The largest absolute Gasteiger partial charge is 0.480 e. The van der Waals surface area contributed by atoms with Gasteiger partial charge in [-0.25, -0.2) is 9.18 Å². The number of halogens is 1. The third-order valence-electron chi connectivity index (χ3n) is 4.90. The van der Waals surface area contributed by atoms with Gasteiger partial charge in [-0.3, -0.25) is 9.59 Å². The molecule has 31 heavy (non-hydrogen) atoms. The summed E-state index contributed by atoms with van der Waals surface area (Å²) in [6.07, 6.45) is 0.133. The summed E-state index contributed by atoms with van der Waals surface area (Å²) in [7, 11) is 0. The molecule has 6 nitrogen and oxygen atoms in total. The Morgan fingerprint density at radius 2 is 1.55 bits per heavy atom. The molecule has 2 atom stereocenters. The van der Waals surface area contributed by atoms with E-state index >= 15 is 0 Å². The highest BCUT2D eigenvalue weighted by Crippen LogP contribution is 2.22. The zero-order valence-electron chi connectivity index (χ0n) is 18.2. The fourth-order valence-corrected chi connectivity index (χ4v) is 3.20. The van der Waals surface area contributed by atoms with E-state index in [1.54, 1.807) is 6.07 Å². The third-order valence-corrected chi connectivity index (χ3v) is 4.90. The van der Waals surface area contributed by atoms with Crippen molar-refractivity contribution in [2.75, 3.05) is 0 Å². The maximum atomic E-state index is 13.5. The first-order valence-electron chi connectivity index (χ1n) is 10.1. The van der Waals surface area contributed by atoms with E-state index in [2.05, 4.69) is 31.4 Å². The normalized spacial score (nSPS) is 13.2. The van der Waals surface area contributed by atoms with Crippen molar-refractivity contribution in [3.63, 3.8) is 0 Å². The Morgan fingerprint density at radius 3 is 2.06 bits per heavy atom. The van der Waals surface area contributed by atoms with Gasteiger partial charge in [-0.05, 0) is 34.2 Å². The highest BCUT2D eigenvalue weighted by Gasteiger charge is 2.26. The maximum absolute atomic E-state index is 13.5. The Morgan fingerprint density at radius 1 is 0.935 bits per heavy atom. The van der Waals surface area contributed by atoms with E-state index in [0.717, 1.165) is 11.1 Å². The second-order valence-electron chi connectivity index (χ2n) is 8.64. The lowest BCUT2D eigenvalue weighted by Gasteiger charge is -2.22. The van der Waals surface area contributed by atoms with Crippen LogP contribution in [0.4, 0.5) is 4.39 Å². The summed E-state index contributed by atoms with van der Waals surface area (Å²) in [5.41, 5.74) is 2.37. The molecule has 0 saturated carbocycles. The Kier molecular flexibility index (Phi) is 7.91. The molecule has 0 aliphatic carbocycles. The minimum absolute atomic E-state index is 0.0264. The molecule has 0 saturated heterocycles. The van der Waals surface area contributed by atoms with Gasteiger partial charge in [-0.1, -0.05) is 57.2 Å². The van der Waals surface area contributed by atoms with Crippen molar-refractivity contribution < 1.29 is 23.9 Å². The first kappa shape index (κ1) is 24.1. The number of aliphatic carboxylic acids is 1. The number of carboxylic acid groups (broad SMARTS) is 1. The van der Waals surface area contributed by atoms with Crippen LogP contribution in [0, 0.1) is 5.82 Å². The second kappa shape index (κ2) is 10.2. The molecular formula is C24H29FN2O4. The van der Waals surface area contributed by atoms with E-state index in [1.807, 2.05) is 24.3 Å². The molecule has 2 amide bonds. The summed E-state index contributed by atoms with van der Waals surface area (Å²) >= 11 is 0. The Balaban J connectivity index is 2.13. The average molecular weight is 429 g/mol. The number of hydrogen-bond donors (Lipinski definition) is 3. The standard InChI is InChI=1S/C24H29FN2O4/c1-15(28)26-20(14-17-6-5-7-19(25)12-17)22(29)27-21(23(30)31)13-16-8-10-18(11-9-16)24(2,3)4/h5-12,20-21H,13-14H2,1-4H3,(H,26,28)(H,27,29)(H,30,31)/t20-,21-/m0/s1. The van der Waals surface area contributed by atoms with Crippen molar-refractivity contribution in [1.29, 1.82) is 0 Å². The summed E-state index contributed by atoms with van der Waals surface area (Å²) in [6, 6.07) is 11.1. The van der Waals surface area contributed by atoms with Crippen LogP contribution >= 0.6 is 0 Å². The predicted octanol–water partition coefficient (Wildman–Crippen LogP) is 2.98. The van der Waals surface area contributed by atoms with E-state index in [0.29, 0.717) is 5.56 Å². The molecule has 0 fully saturated rings. The van der Waals surface area contributed by atoms with Gasteiger partial charge in [0.2, 0.25) is 11.8 Å². The van der Waals surface area contributed by atoms with Crippen LogP contribution in [0.1, 0.15) is 44.4 Å². The van der Waals surface area contributed by atoms with Crippen LogP contribution in [0.2, 0.25) is 0 Å². The first-order chi connectivity index (χ1) is 14.5. The Labute approximate surface area is 181 Å². The molecule has 0 aliphatic rings. The minimum Gasteiger partial charge on any atom is -0.480 e. The SMILES string of the molecule is CC(=O)N[C@@H](Cc1cccc(F)c1)C(=O)N[C@@H](Cc1ccc(C(C)(C)C)cc1)C(=O)O. The summed E-state index contributed by atoms with van der Waals surface area (Å²) < 4.78 is 13.5. The Bertz CT molecular complexity index is 935. The van der Waals surface area contributed by atoms with Crippen LogP contribution in [0.3, 0.4) is 0 Å². The molecule has 166 valence electrons. The summed E-state index contributed by atoms with van der Waals surface area (Å²) in [6.45, 7) is 7.52. The number of rotatable bonds is 8. The lowest BCUT2D eigenvalue weighted by atomic mass is 9.86. The van der Waals surface area contributed by atoms with Gasteiger partial charge in [0, 0.05) is 19.8 Å². The van der Waals surface area contributed by atoms with Crippen LogP contribution in [-0.2, 0) is 32.6 Å². The van der Waals surface area contributed by atoms with Gasteiger partial charge >= 0.3 is 5.97 Å². The zero-order chi connectivity index (χ0) is 23.2. The van der Waals surface area contributed by atoms with E-state index in [-0.39, 0.29) is 18.3 Å². The van der Waals surface area contributed by atoms with Crippen molar-refractivity contribution in [1.82, 2.24) is 10.6 Å². The summed E-state index contributed by atoms with van der Waals surface area (Å²) in [5, 5.41) is 14.6. The van der Waals surface area contributed by atoms with Gasteiger partial charge in [0.05, 0.1) is 0 Å². The van der Waals surface area contributed by atoms with Gasteiger partial charge in [0.1, 0.15) is 17.9 Å². The number of nitrogens with one attached hydrogen (secondary N) is 2. The van der Waals surface area contributed by atoms with Crippen molar-refractivity contribution in [2.24, 2.45) is 0 Å². The monoisotopic (exact) mass is 428 g/mol. The van der Waals surface area contributed by atoms with Gasteiger partial charge in [0.25, 0.3) is 0 Å². The average Bonchev–Trinajstić information content (AvgIpc) is 2.66. The number of carboxylic acids is 1. The molecule has 0 heterocycles. The molecule has 0 aromatic heterocycles. The smallest absolute Gasteiger partial charge is 0.326 e. The van der Waals surface area contributed by atoms with Crippen LogP contribution in [0.25, 0.3) is 0 Å². The highest BCUT2D eigenvalue weighted by atomic mass is 19.1. The molecule has 0 spiro atoms. The van der Waals surface area contributed by atoms with Crippen molar-refractivity contribution in [3.05, 3.63) is 71.0 Å². The molecule has 0 bridgehead atoms. The van der Waals surface area contributed by atoms with Gasteiger partial charge in [0.15, 0.2) is 0 Å². The fraction of sp³-hybridized carbons (Fsp3) is 0.375. The molecule has 2 aromatic carbocycles. The highest BCUT2D eigenvalue weighted by molar-refractivity contribution is 5.90. The second-order valence-corrected chi connectivity index (χ2v) is 8.64. The molecule has 2 rings (SSSR count). The van der Waals surface area contributed by atoms with Crippen LogP contribution < -0.4 is 10.6 Å². The predicted molar refractivity (Wildman–Crippen MR) is 116 cm³/mol. The molecular weight excluding hydrogens is 399 g/mol. The number of amides is 2. The van der Waals surface area contributed by atoms with Crippen molar-refractivity contribution in [2.45, 2.75) is 58.0 Å². The first-order valence-corrected chi connectivity index (χ1v) is 10.1. The lowest BCUT2D eigenvalue weighted by molar-refractivity contribution is -0.142. The van der Waals surface area contributed by atoms with E-state index in [9.17, 15) is 23.9 Å². The van der Waals surface area contributed by atoms with Crippen LogP contribution in [0.15, 0.2) is 48.5 Å². The van der Waals surface area contributed by atoms with Gasteiger partial charge in [-0.15, -0.1) is 0 Å². The van der Waals surface area contributed by atoms with Crippen LogP contribution in [-0.4, -0.2) is 35.0 Å².